The summed E-state index contributed by atoms with van der Waals surface area (Å²) in [6.07, 6.45) is 11.4. The number of nitrogens with zero attached hydrogens (tertiary/aromatic N) is 5. The molecule has 3 heterocycles. The number of aliphatic imine (C=N–C) groups is 1. The van der Waals surface area contributed by atoms with Crippen LogP contribution in [0.25, 0.3) is 11.1 Å². The molecule has 0 unspecified atom stereocenters. The van der Waals surface area contributed by atoms with Crippen LogP contribution in [-0.4, -0.2) is 38.0 Å². The van der Waals surface area contributed by atoms with Gasteiger partial charge in [-0.05, 0) is 24.0 Å². The number of carbonyl (C=O) groups is 1. The van der Waals surface area contributed by atoms with Crippen molar-refractivity contribution in [2.45, 2.75) is 31.7 Å². The Morgan fingerprint density at radius 1 is 1.09 bits per heavy atom. The van der Waals surface area contributed by atoms with Crippen LogP contribution >= 0.6 is 0 Å². The van der Waals surface area contributed by atoms with Gasteiger partial charge in [0.25, 0.3) is 0 Å². The summed E-state index contributed by atoms with van der Waals surface area (Å²) in [5.41, 5.74) is 3.53. The summed E-state index contributed by atoms with van der Waals surface area (Å²) < 4.78 is 15.3. The normalized spacial score (nSPS) is 15.7. The van der Waals surface area contributed by atoms with E-state index in [-0.39, 0.29) is 30.4 Å². The number of dihydropyridines is 1. The van der Waals surface area contributed by atoms with Crippen molar-refractivity contribution < 1.29 is 9.18 Å². The first-order valence-corrected chi connectivity index (χ1v) is 10.6. The first-order chi connectivity index (χ1) is 15.6. The molecule has 8 nitrogen and oxygen atoms in total. The molecule has 1 aromatic carbocycles. The summed E-state index contributed by atoms with van der Waals surface area (Å²) in [5, 5.41) is 10.2. The van der Waals surface area contributed by atoms with E-state index in [0.717, 1.165) is 22.4 Å². The number of anilines is 2. The third-order valence-corrected chi connectivity index (χ3v) is 5.28. The Hall–Kier alpha value is -3.88. The Bertz CT molecular complexity index is 1180. The maximum Gasteiger partial charge on any atom is 0.229 e. The van der Waals surface area contributed by atoms with Gasteiger partial charge in [0.15, 0.2) is 0 Å². The van der Waals surface area contributed by atoms with E-state index in [9.17, 15) is 9.18 Å². The van der Waals surface area contributed by atoms with E-state index >= 15 is 0 Å². The molecule has 0 saturated heterocycles. The van der Waals surface area contributed by atoms with Crippen LogP contribution < -0.4 is 10.6 Å². The number of hydrogen-bond donors (Lipinski definition) is 2. The number of nitrogens with one attached hydrogen (secondary N) is 2. The van der Waals surface area contributed by atoms with Crippen LogP contribution in [-0.2, 0) is 11.2 Å². The van der Waals surface area contributed by atoms with Crippen molar-refractivity contribution in [3.05, 3.63) is 66.5 Å². The van der Waals surface area contributed by atoms with Gasteiger partial charge in [-0.3, -0.25) is 14.5 Å². The molecule has 32 heavy (non-hydrogen) atoms. The highest BCUT2D eigenvalue weighted by Gasteiger charge is 2.24. The lowest BCUT2D eigenvalue weighted by atomic mass is 10.1. The lowest BCUT2D eigenvalue weighted by Gasteiger charge is -2.10. The van der Waals surface area contributed by atoms with E-state index in [2.05, 4.69) is 30.7 Å². The minimum atomic E-state index is -0.267. The van der Waals surface area contributed by atoms with Crippen molar-refractivity contribution in [2.24, 2.45) is 4.99 Å². The highest BCUT2D eigenvalue weighted by molar-refractivity contribution is 6.05. The standard InChI is InChI=1S/C23H22FN7O/c24-18-7-8-25-21(10-18)30-22(32)9-15-1-3-16(4-2-15)17-11-26-23(27-12-17)29-19-13-28-31(14-19)20-5-6-20/h1-4,10-14,20H,5-9H2,(H,25,30,32)(H,26,27,29). The molecule has 0 atom stereocenters. The zero-order chi connectivity index (χ0) is 21.9. The third-order valence-electron chi connectivity index (χ3n) is 5.28. The largest absolute Gasteiger partial charge is 0.321 e. The van der Waals surface area contributed by atoms with Gasteiger partial charge in [0, 0.05) is 43.2 Å². The monoisotopic (exact) mass is 431 g/mol. The fourth-order valence-corrected chi connectivity index (χ4v) is 3.42. The molecular weight excluding hydrogens is 409 g/mol. The molecule has 1 amide bonds. The van der Waals surface area contributed by atoms with Crippen molar-refractivity contribution in [2.75, 3.05) is 11.9 Å². The van der Waals surface area contributed by atoms with Crippen LogP contribution in [0.3, 0.4) is 0 Å². The summed E-state index contributed by atoms with van der Waals surface area (Å²) in [5.74, 6) is 0.289. The summed E-state index contributed by atoms with van der Waals surface area (Å²) in [6.45, 7) is 0.354. The van der Waals surface area contributed by atoms with Gasteiger partial charge < -0.3 is 10.6 Å². The van der Waals surface area contributed by atoms with Crippen LogP contribution in [0.15, 0.2) is 65.9 Å². The van der Waals surface area contributed by atoms with Gasteiger partial charge in [-0.1, -0.05) is 24.3 Å². The molecule has 1 aliphatic heterocycles. The molecule has 0 spiro atoms. The number of hydrogen-bond acceptors (Lipinski definition) is 6. The number of aromatic nitrogens is 4. The summed E-state index contributed by atoms with van der Waals surface area (Å²) in [6, 6.07) is 8.14. The van der Waals surface area contributed by atoms with Gasteiger partial charge >= 0.3 is 0 Å². The molecular formula is C23H22FN7O. The first kappa shape index (κ1) is 20.0. The zero-order valence-corrected chi connectivity index (χ0v) is 17.3. The smallest absolute Gasteiger partial charge is 0.229 e. The SMILES string of the molecule is O=C(Cc1ccc(-c2cnc(Nc3cnn(C4CC4)c3)nc2)cc1)NC1=NCCC(F)=C1. The molecule has 0 radical (unpaired) electrons. The van der Waals surface area contributed by atoms with E-state index in [0.29, 0.717) is 18.5 Å². The van der Waals surface area contributed by atoms with Crippen molar-refractivity contribution in [3.8, 4) is 11.1 Å². The maximum absolute atomic E-state index is 13.3. The van der Waals surface area contributed by atoms with Crippen LogP contribution in [0.1, 0.15) is 30.9 Å². The quantitative estimate of drug-likeness (QED) is 0.620. The van der Waals surface area contributed by atoms with Gasteiger partial charge in [-0.15, -0.1) is 0 Å². The number of amidine groups is 1. The lowest BCUT2D eigenvalue weighted by Crippen LogP contribution is -2.31. The highest BCUT2D eigenvalue weighted by atomic mass is 19.1. The molecule has 2 aromatic heterocycles. The summed E-state index contributed by atoms with van der Waals surface area (Å²) >= 11 is 0. The second-order valence-electron chi connectivity index (χ2n) is 7.89. The Labute approximate surface area is 184 Å². The molecule has 1 aliphatic carbocycles. The molecule has 0 bridgehead atoms. The Morgan fingerprint density at radius 3 is 2.59 bits per heavy atom. The fraction of sp³-hybridized carbons (Fsp3) is 0.261. The Balaban J connectivity index is 1.18. The Kier molecular flexibility index (Phi) is 5.45. The molecule has 162 valence electrons. The second kappa shape index (κ2) is 8.70. The fourth-order valence-electron chi connectivity index (χ4n) is 3.42. The zero-order valence-electron chi connectivity index (χ0n) is 17.3. The van der Waals surface area contributed by atoms with E-state index in [1.807, 2.05) is 35.1 Å². The van der Waals surface area contributed by atoms with Gasteiger partial charge in [-0.25, -0.2) is 14.4 Å². The molecule has 2 N–H and O–H groups in total. The van der Waals surface area contributed by atoms with E-state index in [1.165, 1.54) is 18.9 Å². The maximum atomic E-state index is 13.3. The van der Waals surface area contributed by atoms with Crippen LogP contribution in [0.5, 0.6) is 0 Å². The number of rotatable bonds is 6. The number of carbonyl (C=O) groups excluding carboxylic acids is 1. The van der Waals surface area contributed by atoms with Crippen molar-refractivity contribution in [1.82, 2.24) is 25.1 Å². The van der Waals surface area contributed by atoms with E-state index < -0.39 is 0 Å². The van der Waals surface area contributed by atoms with Gasteiger partial charge in [-0.2, -0.15) is 5.10 Å². The van der Waals surface area contributed by atoms with Gasteiger partial charge in [0.05, 0.1) is 24.3 Å². The number of amides is 1. The second-order valence-corrected chi connectivity index (χ2v) is 7.89. The molecule has 2 aliphatic rings. The third kappa shape index (κ3) is 4.88. The summed E-state index contributed by atoms with van der Waals surface area (Å²) in [4.78, 5) is 25.1. The van der Waals surface area contributed by atoms with Crippen LogP contribution in [0.4, 0.5) is 16.0 Å². The topological polar surface area (TPSA) is 97.1 Å². The predicted octanol–water partition coefficient (Wildman–Crippen LogP) is 3.73. The average molecular weight is 431 g/mol. The molecule has 3 aromatic rings. The van der Waals surface area contributed by atoms with Crippen molar-refractivity contribution >= 4 is 23.4 Å². The highest BCUT2D eigenvalue weighted by Crippen LogP contribution is 2.34. The Morgan fingerprint density at radius 2 is 1.88 bits per heavy atom. The van der Waals surface area contributed by atoms with E-state index in [4.69, 9.17) is 0 Å². The minimum absolute atomic E-state index is 0.183. The molecule has 1 saturated carbocycles. The van der Waals surface area contributed by atoms with Gasteiger partial charge in [0.2, 0.25) is 11.9 Å². The molecule has 5 rings (SSSR count). The minimum Gasteiger partial charge on any atom is -0.321 e. The number of halogens is 1. The van der Waals surface area contributed by atoms with Crippen LogP contribution in [0.2, 0.25) is 0 Å². The predicted molar refractivity (Wildman–Crippen MR) is 119 cm³/mol. The van der Waals surface area contributed by atoms with E-state index in [1.54, 1.807) is 18.6 Å². The van der Waals surface area contributed by atoms with Gasteiger partial charge in [0.1, 0.15) is 11.7 Å². The number of benzene rings is 1. The molecule has 9 heteroatoms. The average Bonchev–Trinajstić information content (AvgIpc) is 3.54. The summed E-state index contributed by atoms with van der Waals surface area (Å²) in [7, 11) is 0. The first-order valence-electron chi connectivity index (χ1n) is 10.6. The van der Waals surface area contributed by atoms with Crippen LogP contribution in [0, 0.1) is 0 Å². The van der Waals surface area contributed by atoms with Crippen molar-refractivity contribution in [3.63, 3.8) is 0 Å². The molecule has 1 fully saturated rings. The lowest BCUT2D eigenvalue weighted by molar-refractivity contribution is -0.119. The van der Waals surface area contributed by atoms with Crippen molar-refractivity contribution in [1.29, 1.82) is 0 Å².